The molecule has 0 aliphatic rings. The van der Waals surface area contributed by atoms with Gasteiger partial charge in [-0.15, -0.1) is 0 Å². The van der Waals surface area contributed by atoms with Gasteiger partial charge in [0.05, 0.1) is 26.4 Å². The molecule has 0 aliphatic carbocycles. The lowest BCUT2D eigenvalue weighted by Gasteiger charge is -2.08. The summed E-state index contributed by atoms with van der Waals surface area (Å²) in [6.07, 6.45) is 0. The molecule has 3 nitrogen and oxygen atoms in total. The molecule has 0 amide bonds. The number of hydrogen-bond donors (Lipinski definition) is 0. The van der Waals surface area contributed by atoms with E-state index in [1.165, 1.54) is 13.2 Å². The zero-order valence-corrected chi connectivity index (χ0v) is 11.7. The molecule has 1 aromatic rings. The van der Waals surface area contributed by atoms with Crippen LogP contribution < -0.4 is 4.74 Å². The van der Waals surface area contributed by atoms with Crippen molar-refractivity contribution in [3.8, 4) is 5.75 Å². The summed E-state index contributed by atoms with van der Waals surface area (Å²) in [6.45, 7) is 0. The Labute approximate surface area is 103 Å². The highest BCUT2D eigenvalue weighted by Gasteiger charge is 2.19. The Kier molecular flexibility index (Phi) is 3.85. The summed E-state index contributed by atoms with van der Waals surface area (Å²) in [5, 5.41) is 0.315. The Morgan fingerprint density at radius 3 is 2.43 bits per heavy atom. The first kappa shape index (κ1) is 12.3. The molecule has 0 radical (unpaired) electrons. The molecule has 0 saturated carbocycles. The molecule has 1 aromatic carbocycles. The maximum atomic E-state index is 11.3. The number of halogens is 3. The van der Waals surface area contributed by atoms with Crippen molar-refractivity contribution in [3.63, 3.8) is 0 Å². The summed E-state index contributed by atoms with van der Waals surface area (Å²) in [6, 6.07) is 2.87. The number of methoxy groups -OCH3 is 1. The predicted octanol–water partition coefficient (Wildman–Crippen LogP) is 3.19. The van der Waals surface area contributed by atoms with Gasteiger partial charge in [0.15, 0.2) is 5.75 Å². The number of hydrogen-bond acceptors (Lipinski definition) is 3. The highest BCUT2D eigenvalue weighted by atomic mass is 79.9. The number of ether oxygens (including phenoxy) is 1. The Morgan fingerprint density at radius 2 is 2.00 bits per heavy atom. The summed E-state index contributed by atoms with van der Waals surface area (Å²) in [4.78, 5) is -0.000579. The molecular formula is C7H5Br2ClO3S. The van der Waals surface area contributed by atoms with Crippen molar-refractivity contribution >= 4 is 50.6 Å². The van der Waals surface area contributed by atoms with E-state index in [0.29, 0.717) is 9.50 Å². The first-order chi connectivity index (χ1) is 6.36. The van der Waals surface area contributed by atoms with Crippen LogP contribution in [0.1, 0.15) is 0 Å². The Hall–Kier alpha value is 0.220. The summed E-state index contributed by atoms with van der Waals surface area (Å²) in [5.74, 6) is 0.228. The minimum atomic E-state index is -3.52. The molecule has 0 spiro atoms. The molecule has 0 heterocycles. The van der Waals surface area contributed by atoms with Crippen molar-refractivity contribution in [2.24, 2.45) is 0 Å². The van der Waals surface area contributed by atoms with E-state index in [-0.39, 0.29) is 10.6 Å². The summed E-state index contributed by atoms with van der Waals surface area (Å²) in [7, 11) is -2.13. The standard InChI is InChI=1S/C7H5Br2ClO3S/c1-13-7-5(8)2-4(10)3-6(7)14(9,11)12/h2-3H,1H3. The van der Waals surface area contributed by atoms with Gasteiger partial charge < -0.3 is 4.74 Å². The fourth-order valence-electron chi connectivity index (χ4n) is 0.916. The second kappa shape index (κ2) is 4.38. The topological polar surface area (TPSA) is 43.4 Å². The van der Waals surface area contributed by atoms with E-state index in [9.17, 15) is 8.42 Å². The van der Waals surface area contributed by atoms with Gasteiger partial charge in [-0.1, -0.05) is 11.6 Å². The van der Waals surface area contributed by atoms with Crippen molar-refractivity contribution in [3.05, 3.63) is 21.6 Å². The van der Waals surface area contributed by atoms with Gasteiger partial charge in [-0.05, 0) is 28.1 Å². The summed E-state index contributed by atoms with van der Waals surface area (Å²) >= 11 is 11.4. The van der Waals surface area contributed by atoms with Gasteiger partial charge in [0.1, 0.15) is 4.90 Å². The van der Waals surface area contributed by atoms with Gasteiger partial charge in [-0.2, -0.15) is 0 Å². The van der Waals surface area contributed by atoms with Gasteiger partial charge in [0.2, 0.25) is 8.27 Å². The van der Waals surface area contributed by atoms with Gasteiger partial charge >= 0.3 is 0 Å². The van der Waals surface area contributed by atoms with E-state index in [1.54, 1.807) is 6.07 Å². The lowest BCUT2D eigenvalue weighted by Crippen LogP contribution is -1.96. The maximum Gasteiger partial charge on any atom is 0.241 e. The predicted molar refractivity (Wildman–Crippen MR) is 61.8 cm³/mol. The Bertz CT molecular complexity index is 458. The van der Waals surface area contributed by atoms with Crippen LogP contribution in [0.2, 0.25) is 5.02 Å². The third kappa shape index (κ3) is 2.62. The zero-order valence-electron chi connectivity index (χ0n) is 6.92. The lowest BCUT2D eigenvalue weighted by atomic mass is 10.3. The first-order valence-corrected chi connectivity index (χ1v) is 7.83. The molecule has 0 saturated heterocycles. The molecule has 0 atom stereocenters. The normalized spacial score (nSPS) is 11.4. The van der Waals surface area contributed by atoms with Crippen molar-refractivity contribution in [1.82, 2.24) is 0 Å². The average Bonchev–Trinajstić information content (AvgIpc) is 2.01. The molecular weight excluding hydrogens is 359 g/mol. The fourth-order valence-corrected chi connectivity index (χ4v) is 3.49. The largest absolute Gasteiger partial charge is 0.494 e. The summed E-state index contributed by atoms with van der Waals surface area (Å²) < 4.78 is 28.0. The molecule has 0 N–H and O–H groups in total. The van der Waals surface area contributed by atoms with Gasteiger partial charge in [0, 0.05) is 5.02 Å². The maximum absolute atomic E-state index is 11.3. The van der Waals surface area contributed by atoms with Gasteiger partial charge in [0.25, 0.3) is 0 Å². The van der Waals surface area contributed by atoms with Crippen LogP contribution in [0.4, 0.5) is 0 Å². The lowest BCUT2D eigenvalue weighted by molar-refractivity contribution is 0.400. The van der Waals surface area contributed by atoms with E-state index in [0.717, 1.165) is 0 Å². The quantitative estimate of drug-likeness (QED) is 0.757. The van der Waals surface area contributed by atoms with Crippen LogP contribution in [-0.2, 0) is 8.27 Å². The Morgan fingerprint density at radius 1 is 1.43 bits per heavy atom. The molecule has 1 rings (SSSR count). The third-order valence-corrected chi connectivity index (χ3v) is 4.12. The first-order valence-electron chi connectivity index (χ1n) is 3.34. The monoisotopic (exact) mass is 362 g/mol. The van der Waals surface area contributed by atoms with Crippen molar-refractivity contribution in [2.75, 3.05) is 7.11 Å². The molecule has 78 valence electrons. The number of benzene rings is 1. The van der Waals surface area contributed by atoms with Gasteiger partial charge in [-0.25, -0.2) is 8.42 Å². The van der Waals surface area contributed by atoms with Crippen LogP contribution in [0.25, 0.3) is 0 Å². The van der Waals surface area contributed by atoms with E-state index in [1.807, 2.05) is 0 Å². The minimum Gasteiger partial charge on any atom is -0.494 e. The molecule has 0 aromatic heterocycles. The van der Waals surface area contributed by atoms with Crippen molar-refractivity contribution in [1.29, 1.82) is 0 Å². The van der Waals surface area contributed by atoms with E-state index in [4.69, 9.17) is 16.3 Å². The van der Waals surface area contributed by atoms with E-state index < -0.39 is 8.27 Å². The van der Waals surface area contributed by atoms with Crippen LogP contribution in [0.15, 0.2) is 21.5 Å². The SMILES string of the molecule is COc1c(Br)cc(Cl)cc1S(=O)(=O)Br. The molecule has 7 heteroatoms. The molecule has 0 fully saturated rings. The van der Waals surface area contributed by atoms with Crippen LogP contribution in [0, 0.1) is 0 Å². The molecule has 14 heavy (non-hydrogen) atoms. The average molecular weight is 364 g/mol. The number of rotatable bonds is 2. The third-order valence-electron chi connectivity index (χ3n) is 1.44. The van der Waals surface area contributed by atoms with Crippen LogP contribution in [0.5, 0.6) is 5.75 Å². The Balaban J connectivity index is 3.56. The molecule has 0 aliphatic heterocycles. The van der Waals surface area contributed by atoms with Crippen LogP contribution in [-0.4, -0.2) is 15.5 Å². The molecule has 0 unspecified atom stereocenters. The second-order valence-electron chi connectivity index (χ2n) is 2.36. The van der Waals surface area contributed by atoms with E-state index in [2.05, 4.69) is 30.7 Å². The molecule has 0 bridgehead atoms. The fraction of sp³-hybridized carbons (Fsp3) is 0.143. The minimum absolute atomic E-state index is 0.000579. The summed E-state index contributed by atoms with van der Waals surface area (Å²) in [5.41, 5.74) is 0. The highest BCUT2D eigenvalue weighted by molar-refractivity contribution is 9.47. The second-order valence-corrected chi connectivity index (χ2v) is 7.52. The van der Waals surface area contributed by atoms with Gasteiger partial charge in [-0.3, -0.25) is 0 Å². The van der Waals surface area contributed by atoms with Crippen LogP contribution >= 0.6 is 42.3 Å². The highest BCUT2D eigenvalue weighted by Crippen LogP contribution is 2.37. The zero-order chi connectivity index (χ0) is 10.9. The van der Waals surface area contributed by atoms with Crippen molar-refractivity contribution < 1.29 is 13.2 Å². The van der Waals surface area contributed by atoms with Crippen molar-refractivity contribution in [2.45, 2.75) is 4.90 Å². The van der Waals surface area contributed by atoms with E-state index >= 15 is 0 Å². The smallest absolute Gasteiger partial charge is 0.241 e. The van der Waals surface area contributed by atoms with Crippen LogP contribution in [0.3, 0.4) is 0 Å².